The Morgan fingerprint density at radius 3 is 2.58 bits per heavy atom. The maximum absolute atomic E-state index is 11.9. The fourth-order valence-corrected chi connectivity index (χ4v) is 1.69. The van der Waals surface area contributed by atoms with Crippen LogP contribution in [0.1, 0.15) is 24.2 Å². The van der Waals surface area contributed by atoms with Crippen LogP contribution in [-0.2, 0) is 4.79 Å². The monoisotopic (exact) mass is 284 g/mol. The predicted octanol–water partition coefficient (Wildman–Crippen LogP) is 0.819. The van der Waals surface area contributed by atoms with Crippen LogP contribution in [0, 0.1) is 5.41 Å². The van der Waals surface area contributed by atoms with E-state index in [9.17, 15) is 9.59 Å². The third kappa shape index (κ3) is 4.10. The van der Waals surface area contributed by atoms with Crippen LogP contribution in [0.4, 0.5) is 5.82 Å². The number of halogens is 1. The van der Waals surface area contributed by atoms with Crippen molar-refractivity contribution >= 4 is 29.2 Å². The number of pyridine rings is 1. The van der Waals surface area contributed by atoms with E-state index in [1.165, 1.54) is 12.1 Å². The zero-order valence-corrected chi connectivity index (χ0v) is 11.8. The summed E-state index contributed by atoms with van der Waals surface area (Å²) in [5.74, 6) is -0.337. The van der Waals surface area contributed by atoms with Crippen molar-refractivity contribution in [3.05, 3.63) is 22.8 Å². The molecule has 1 aromatic heterocycles. The molecule has 0 saturated carbocycles. The molecule has 0 atom stereocenters. The zero-order chi connectivity index (χ0) is 14.6. The third-order valence-electron chi connectivity index (χ3n) is 2.61. The fourth-order valence-electron chi connectivity index (χ4n) is 1.47. The molecule has 1 aromatic rings. The molecule has 2 amide bonds. The highest BCUT2D eigenvalue weighted by Crippen LogP contribution is 2.15. The Morgan fingerprint density at radius 2 is 2.05 bits per heavy atom. The number of anilines is 1. The van der Waals surface area contributed by atoms with Crippen molar-refractivity contribution in [2.45, 2.75) is 13.8 Å². The van der Waals surface area contributed by atoms with Crippen molar-refractivity contribution in [3.63, 3.8) is 0 Å². The maximum Gasteiger partial charge on any atom is 0.251 e. The zero-order valence-electron chi connectivity index (χ0n) is 11.1. The van der Waals surface area contributed by atoms with Crippen LogP contribution in [-0.4, -0.2) is 30.4 Å². The average Bonchev–Trinajstić information content (AvgIpc) is 2.33. The van der Waals surface area contributed by atoms with Crippen LogP contribution in [0.5, 0.6) is 0 Å². The molecule has 0 aliphatic rings. The summed E-state index contributed by atoms with van der Waals surface area (Å²) in [6, 6.07) is 2.84. The summed E-state index contributed by atoms with van der Waals surface area (Å²) in [5, 5.41) is 5.36. The van der Waals surface area contributed by atoms with Crippen molar-refractivity contribution in [2.75, 3.05) is 19.3 Å². The molecule has 0 spiro atoms. The largest absolute Gasteiger partial charge is 0.384 e. The second-order valence-electron chi connectivity index (χ2n) is 4.75. The molecule has 1 rings (SSSR count). The first-order valence-corrected chi connectivity index (χ1v) is 6.07. The number of nitrogen functional groups attached to an aromatic ring is 1. The Labute approximate surface area is 116 Å². The maximum atomic E-state index is 11.9. The summed E-state index contributed by atoms with van der Waals surface area (Å²) < 4.78 is 0. The van der Waals surface area contributed by atoms with Gasteiger partial charge in [0.2, 0.25) is 5.91 Å². The summed E-state index contributed by atoms with van der Waals surface area (Å²) in [6.45, 7) is 3.67. The van der Waals surface area contributed by atoms with Gasteiger partial charge in [0.25, 0.3) is 5.91 Å². The lowest BCUT2D eigenvalue weighted by Crippen LogP contribution is -2.43. The molecule has 0 radical (unpaired) electrons. The number of carbonyl (C=O) groups excluding carboxylic acids is 2. The van der Waals surface area contributed by atoms with E-state index in [4.69, 9.17) is 17.3 Å². The van der Waals surface area contributed by atoms with E-state index in [0.29, 0.717) is 5.56 Å². The van der Waals surface area contributed by atoms with Crippen LogP contribution in [0.15, 0.2) is 12.1 Å². The topological polar surface area (TPSA) is 97.1 Å². The Balaban J connectivity index is 2.73. The molecule has 0 fully saturated rings. The standard InChI is InChI=1S/C12H17ClN4O2/c1-12(2,11(19)15-3)6-16-10(18)7-4-8(13)17-9(14)5-7/h4-5H,6H2,1-3H3,(H2,14,17)(H,15,19)(H,16,18). The van der Waals surface area contributed by atoms with Crippen molar-refractivity contribution in [1.29, 1.82) is 0 Å². The van der Waals surface area contributed by atoms with E-state index < -0.39 is 5.41 Å². The number of hydrogen-bond donors (Lipinski definition) is 3. The van der Waals surface area contributed by atoms with Crippen molar-refractivity contribution in [2.24, 2.45) is 5.41 Å². The third-order valence-corrected chi connectivity index (χ3v) is 2.80. The number of nitrogens with zero attached hydrogens (tertiary/aromatic N) is 1. The minimum Gasteiger partial charge on any atom is -0.384 e. The van der Waals surface area contributed by atoms with Gasteiger partial charge >= 0.3 is 0 Å². The highest BCUT2D eigenvalue weighted by atomic mass is 35.5. The molecule has 0 aliphatic heterocycles. The van der Waals surface area contributed by atoms with Gasteiger partial charge in [-0.25, -0.2) is 4.98 Å². The van der Waals surface area contributed by atoms with E-state index >= 15 is 0 Å². The minimum atomic E-state index is -0.702. The van der Waals surface area contributed by atoms with Crippen molar-refractivity contribution in [1.82, 2.24) is 15.6 Å². The van der Waals surface area contributed by atoms with Gasteiger partial charge < -0.3 is 16.4 Å². The summed E-state index contributed by atoms with van der Waals surface area (Å²) in [7, 11) is 1.55. The summed E-state index contributed by atoms with van der Waals surface area (Å²) in [4.78, 5) is 27.3. The molecule has 6 nitrogen and oxygen atoms in total. The lowest BCUT2D eigenvalue weighted by molar-refractivity contribution is -0.128. The second-order valence-corrected chi connectivity index (χ2v) is 5.14. The Kier molecular flexibility index (Phi) is 4.72. The number of nitrogens with two attached hydrogens (primary N) is 1. The van der Waals surface area contributed by atoms with Crippen LogP contribution in [0.3, 0.4) is 0 Å². The van der Waals surface area contributed by atoms with Crippen LogP contribution < -0.4 is 16.4 Å². The van der Waals surface area contributed by atoms with Gasteiger partial charge in [-0.3, -0.25) is 9.59 Å². The molecule has 7 heteroatoms. The van der Waals surface area contributed by atoms with E-state index in [1.54, 1.807) is 20.9 Å². The number of rotatable bonds is 4. The average molecular weight is 285 g/mol. The second kappa shape index (κ2) is 5.88. The van der Waals surface area contributed by atoms with E-state index in [1.807, 2.05) is 0 Å². The summed E-state index contributed by atoms with van der Waals surface area (Å²) >= 11 is 5.72. The Bertz CT molecular complexity index is 482. The molecule has 0 unspecified atom stereocenters. The smallest absolute Gasteiger partial charge is 0.251 e. The van der Waals surface area contributed by atoms with Gasteiger partial charge in [-0.15, -0.1) is 0 Å². The van der Waals surface area contributed by atoms with Crippen LogP contribution >= 0.6 is 11.6 Å². The highest BCUT2D eigenvalue weighted by molar-refractivity contribution is 6.29. The van der Waals surface area contributed by atoms with E-state index in [-0.39, 0.29) is 29.3 Å². The highest BCUT2D eigenvalue weighted by Gasteiger charge is 2.27. The number of carbonyl (C=O) groups is 2. The lowest BCUT2D eigenvalue weighted by atomic mass is 9.92. The van der Waals surface area contributed by atoms with Gasteiger partial charge in [0.15, 0.2) is 0 Å². The van der Waals surface area contributed by atoms with Crippen molar-refractivity contribution < 1.29 is 9.59 Å². The molecule has 19 heavy (non-hydrogen) atoms. The van der Waals surface area contributed by atoms with Gasteiger partial charge in [0.05, 0.1) is 5.41 Å². The van der Waals surface area contributed by atoms with Crippen LogP contribution in [0.25, 0.3) is 0 Å². The van der Waals surface area contributed by atoms with Gasteiger partial charge in [-0.1, -0.05) is 11.6 Å². The quantitative estimate of drug-likeness (QED) is 0.713. The molecule has 104 valence electrons. The van der Waals surface area contributed by atoms with Gasteiger partial charge in [0.1, 0.15) is 11.0 Å². The SMILES string of the molecule is CNC(=O)C(C)(C)CNC(=O)c1cc(N)nc(Cl)c1. The number of nitrogens with one attached hydrogen (secondary N) is 2. The predicted molar refractivity (Wildman–Crippen MR) is 73.8 cm³/mol. The molecule has 0 aromatic carbocycles. The molecule has 1 heterocycles. The van der Waals surface area contributed by atoms with E-state index in [2.05, 4.69) is 15.6 Å². The first-order valence-electron chi connectivity index (χ1n) is 5.69. The number of hydrogen-bond acceptors (Lipinski definition) is 4. The van der Waals surface area contributed by atoms with Gasteiger partial charge in [-0.05, 0) is 26.0 Å². The molecule has 4 N–H and O–H groups in total. The fraction of sp³-hybridized carbons (Fsp3) is 0.417. The Hall–Kier alpha value is -1.82. The lowest BCUT2D eigenvalue weighted by Gasteiger charge is -2.22. The minimum absolute atomic E-state index is 0.149. The summed E-state index contributed by atoms with van der Waals surface area (Å²) in [5.41, 5.74) is 5.12. The van der Waals surface area contributed by atoms with Gasteiger partial charge in [-0.2, -0.15) is 0 Å². The number of aromatic nitrogens is 1. The van der Waals surface area contributed by atoms with Crippen molar-refractivity contribution in [3.8, 4) is 0 Å². The van der Waals surface area contributed by atoms with Crippen LogP contribution in [0.2, 0.25) is 5.15 Å². The van der Waals surface area contributed by atoms with E-state index in [0.717, 1.165) is 0 Å². The molecule has 0 bridgehead atoms. The summed E-state index contributed by atoms with van der Waals surface area (Å²) in [6.07, 6.45) is 0. The number of amides is 2. The first-order chi connectivity index (χ1) is 8.76. The molecular formula is C12H17ClN4O2. The molecular weight excluding hydrogens is 268 g/mol. The molecule has 0 aliphatic carbocycles. The first kappa shape index (κ1) is 15.2. The molecule has 0 saturated heterocycles. The Morgan fingerprint density at radius 1 is 1.42 bits per heavy atom. The normalized spacial score (nSPS) is 10.9. The van der Waals surface area contributed by atoms with Gasteiger partial charge in [0, 0.05) is 19.2 Å².